The van der Waals surface area contributed by atoms with Gasteiger partial charge in [-0.25, -0.2) is 0 Å². The summed E-state index contributed by atoms with van der Waals surface area (Å²) >= 11 is -4.75. The molecule has 0 aliphatic heterocycles. The van der Waals surface area contributed by atoms with Gasteiger partial charge in [0, 0.05) is 0 Å². The average Bonchev–Trinajstić information content (AvgIpc) is 1.86. The van der Waals surface area contributed by atoms with Crippen molar-refractivity contribution >= 4 is 24.3 Å². The van der Waals surface area contributed by atoms with Gasteiger partial charge in [-0.3, -0.25) is 0 Å². The fourth-order valence-electron chi connectivity index (χ4n) is 0.618. The van der Waals surface area contributed by atoms with E-state index >= 15 is 0 Å². The van der Waals surface area contributed by atoms with Crippen LogP contribution in [0.3, 0.4) is 0 Å². The standard InChI is InChI=1S/C5H7AsN2O3/c7-5-3-4(1-2-8-5)6(9,10)11/h1-3H,(H2,7,8)(H2,9,10,11). The fourth-order valence-corrected chi connectivity index (χ4v) is 1.80. The Kier molecular flexibility index (Phi) is 2.04. The van der Waals surface area contributed by atoms with Crippen LogP contribution >= 0.6 is 0 Å². The van der Waals surface area contributed by atoms with Crippen LogP contribution in [0, 0.1) is 0 Å². The van der Waals surface area contributed by atoms with Crippen LogP contribution in [0.4, 0.5) is 5.82 Å². The SMILES string of the molecule is Nc1cc([As](=O)(O)O)ccn1. The summed E-state index contributed by atoms with van der Waals surface area (Å²) in [5.74, 6) is 0.118. The fraction of sp³-hybridized carbons (Fsp3) is 0. The number of pyridine rings is 1. The minimum atomic E-state index is -4.75. The second kappa shape index (κ2) is 2.69. The van der Waals surface area contributed by atoms with E-state index < -0.39 is 14.2 Å². The molecule has 60 valence electrons. The van der Waals surface area contributed by atoms with Gasteiger partial charge in [-0.1, -0.05) is 0 Å². The number of aromatic nitrogens is 1. The topological polar surface area (TPSA) is 96.4 Å². The first kappa shape index (κ1) is 8.33. The second-order valence-corrected chi connectivity index (χ2v) is 5.35. The third-order valence-electron chi connectivity index (χ3n) is 1.10. The van der Waals surface area contributed by atoms with Crippen molar-refractivity contribution in [1.82, 2.24) is 4.98 Å². The molecule has 4 N–H and O–H groups in total. The predicted octanol–water partition coefficient (Wildman–Crippen LogP) is -1.78. The molecule has 0 aliphatic rings. The molecule has 1 aromatic rings. The first-order valence-corrected chi connectivity index (χ1v) is 6.16. The molecule has 1 rings (SSSR count). The maximum absolute atomic E-state index is 10.7. The predicted molar refractivity (Wildman–Crippen MR) is 39.2 cm³/mol. The summed E-state index contributed by atoms with van der Waals surface area (Å²) in [5, 5.41) is 0. The van der Waals surface area contributed by atoms with Gasteiger partial charge >= 0.3 is 65.3 Å². The van der Waals surface area contributed by atoms with E-state index in [4.69, 9.17) is 13.9 Å². The van der Waals surface area contributed by atoms with Crippen molar-refractivity contribution in [2.75, 3.05) is 5.73 Å². The zero-order valence-electron chi connectivity index (χ0n) is 5.51. The van der Waals surface area contributed by atoms with Crippen molar-refractivity contribution < 1.29 is 11.9 Å². The average molecular weight is 218 g/mol. The van der Waals surface area contributed by atoms with Crippen LogP contribution < -0.4 is 10.1 Å². The Labute approximate surface area is 65.9 Å². The summed E-state index contributed by atoms with van der Waals surface area (Å²) in [7, 11) is 0. The van der Waals surface area contributed by atoms with Crippen LogP contribution in [-0.4, -0.2) is 27.3 Å². The van der Waals surface area contributed by atoms with Gasteiger partial charge in [-0.05, 0) is 0 Å². The van der Waals surface area contributed by atoms with E-state index in [1.807, 2.05) is 0 Å². The van der Waals surface area contributed by atoms with E-state index in [1.165, 1.54) is 18.3 Å². The van der Waals surface area contributed by atoms with Crippen LogP contribution in [0.25, 0.3) is 0 Å². The quantitative estimate of drug-likeness (QED) is 0.484. The van der Waals surface area contributed by atoms with Crippen LogP contribution in [0.2, 0.25) is 0 Å². The first-order chi connectivity index (χ1) is 5.00. The molecule has 0 aliphatic carbocycles. The molecule has 0 unspecified atom stereocenters. The normalized spacial score (nSPS) is 11.5. The minimum absolute atomic E-state index is 0.0457. The van der Waals surface area contributed by atoms with Gasteiger partial charge in [0.05, 0.1) is 0 Å². The Morgan fingerprint density at radius 3 is 2.55 bits per heavy atom. The van der Waals surface area contributed by atoms with Crippen molar-refractivity contribution in [3.05, 3.63) is 18.3 Å². The van der Waals surface area contributed by atoms with Crippen molar-refractivity contribution in [2.45, 2.75) is 0 Å². The Balaban J connectivity index is 3.17. The summed E-state index contributed by atoms with van der Waals surface area (Å²) in [4.78, 5) is 3.60. The van der Waals surface area contributed by atoms with Gasteiger partial charge in [-0.15, -0.1) is 0 Å². The maximum atomic E-state index is 10.7. The Bertz CT molecular complexity index is 308. The van der Waals surface area contributed by atoms with Gasteiger partial charge in [0.2, 0.25) is 0 Å². The molecule has 0 saturated heterocycles. The van der Waals surface area contributed by atoms with Crippen molar-refractivity contribution in [2.24, 2.45) is 0 Å². The Morgan fingerprint density at radius 2 is 2.18 bits per heavy atom. The van der Waals surface area contributed by atoms with E-state index in [2.05, 4.69) is 4.98 Å². The molecule has 1 heterocycles. The van der Waals surface area contributed by atoms with Crippen LogP contribution in [-0.2, 0) is 3.74 Å². The van der Waals surface area contributed by atoms with E-state index in [-0.39, 0.29) is 10.2 Å². The van der Waals surface area contributed by atoms with Gasteiger partial charge in [-0.2, -0.15) is 0 Å². The number of rotatable bonds is 1. The molecule has 0 atom stereocenters. The first-order valence-electron chi connectivity index (χ1n) is 2.78. The van der Waals surface area contributed by atoms with Crippen LogP contribution in [0.15, 0.2) is 18.3 Å². The van der Waals surface area contributed by atoms with E-state index in [0.29, 0.717) is 0 Å². The van der Waals surface area contributed by atoms with Crippen molar-refractivity contribution in [3.63, 3.8) is 0 Å². The summed E-state index contributed by atoms with van der Waals surface area (Å²) < 4.78 is 28.0. The number of hydrogen-bond donors (Lipinski definition) is 3. The molecule has 11 heavy (non-hydrogen) atoms. The van der Waals surface area contributed by atoms with Gasteiger partial charge in [0.1, 0.15) is 0 Å². The number of nitrogens with two attached hydrogens (primary N) is 1. The number of nitrogens with zero attached hydrogens (tertiary/aromatic N) is 1. The summed E-state index contributed by atoms with van der Waals surface area (Å²) in [6.45, 7) is 0. The Morgan fingerprint density at radius 1 is 1.55 bits per heavy atom. The molecule has 0 saturated carbocycles. The molecule has 6 heteroatoms. The number of hydrogen-bond acceptors (Lipinski definition) is 3. The van der Waals surface area contributed by atoms with E-state index in [0.717, 1.165) is 0 Å². The van der Waals surface area contributed by atoms with Gasteiger partial charge < -0.3 is 0 Å². The molecular weight excluding hydrogens is 211 g/mol. The molecule has 1 aromatic heterocycles. The molecule has 0 bridgehead atoms. The van der Waals surface area contributed by atoms with E-state index in [1.54, 1.807) is 0 Å². The second-order valence-electron chi connectivity index (χ2n) is 1.98. The number of anilines is 1. The van der Waals surface area contributed by atoms with Crippen molar-refractivity contribution in [3.8, 4) is 0 Å². The van der Waals surface area contributed by atoms with E-state index in [9.17, 15) is 3.74 Å². The Hall–Kier alpha value is -0.772. The molecule has 0 radical (unpaired) electrons. The summed E-state index contributed by atoms with van der Waals surface area (Å²) in [6, 6.07) is 2.44. The summed E-state index contributed by atoms with van der Waals surface area (Å²) in [5.41, 5.74) is 5.21. The summed E-state index contributed by atoms with van der Waals surface area (Å²) in [6.07, 6.45) is 1.27. The van der Waals surface area contributed by atoms with Crippen molar-refractivity contribution in [1.29, 1.82) is 0 Å². The molecule has 0 amide bonds. The zero-order chi connectivity index (χ0) is 8.48. The molecule has 0 aromatic carbocycles. The third kappa shape index (κ3) is 2.08. The van der Waals surface area contributed by atoms with Gasteiger partial charge in [0.15, 0.2) is 0 Å². The van der Waals surface area contributed by atoms with Crippen LogP contribution in [0.1, 0.15) is 0 Å². The molecule has 0 fully saturated rings. The molecular formula is C5H7AsN2O3. The number of nitrogen functional groups attached to an aromatic ring is 1. The molecule has 5 nitrogen and oxygen atoms in total. The monoisotopic (exact) mass is 218 g/mol. The third-order valence-corrected chi connectivity index (χ3v) is 3.10. The molecule has 0 spiro atoms. The van der Waals surface area contributed by atoms with Crippen LogP contribution in [0.5, 0.6) is 0 Å². The van der Waals surface area contributed by atoms with Gasteiger partial charge in [0.25, 0.3) is 0 Å². The zero-order valence-corrected chi connectivity index (χ0v) is 7.38.